The number of amides is 1. The van der Waals surface area contributed by atoms with Crippen LogP contribution >= 0.6 is 23.4 Å². The molecule has 0 aliphatic rings. The first kappa shape index (κ1) is 16.6. The highest BCUT2D eigenvalue weighted by Crippen LogP contribution is 2.23. The van der Waals surface area contributed by atoms with Gasteiger partial charge in [0.2, 0.25) is 5.91 Å². The standard InChI is InChI=1S/C16H13ClFN3O2S/c1-23-10-3-5-13-14(7-10)21-16(20-13)24-8-15(22)19-9-2-4-11(17)12(18)6-9/h2-7H,8H2,1H3,(H,19,22)(H,20,21). The van der Waals surface area contributed by atoms with Gasteiger partial charge in [-0.3, -0.25) is 4.79 Å². The van der Waals surface area contributed by atoms with Crippen LogP contribution in [0.4, 0.5) is 10.1 Å². The quantitative estimate of drug-likeness (QED) is 0.668. The Balaban J connectivity index is 1.62. The van der Waals surface area contributed by atoms with Crippen LogP contribution in [0.25, 0.3) is 11.0 Å². The van der Waals surface area contributed by atoms with Crippen molar-refractivity contribution in [3.8, 4) is 5.75 Å². The number of hydrogen-bond acceptors (Lipinski definition) is 4. The molecule has 1 aromatic heterocycles. The minimum absolute atomic E-state index is 0.0140. The monoisotopic (exact) mass is 365 g/mol. The zero-order valence-electron chi connectivity index (χ0n) is 12.6. The zero-order chi connectivity index (χ0) is 17.1. The van der Waals surface area contributed by atoms with Gasteiger partial charge in [0, 0.05) is 11.8 Å². The van der Waals surface area contributed by atoms with Crippen LogP contribution in [0.5, 0.6) is 5.75 Å². The summed E-state index contributed by atoms with van der Waals surface area (Å²) in [5.74, 6) is 0.0274. The Morgan fingerprint density at radius 3 is 2.96 bits per heavy atom. The first-order chi connectivity index (χ1) is 11.5. The van der Waals surface area contributed by atoms with Gasteiger partial charge in [-0.05, 0) is 30.3 Å². The third kappa shape index (κ3) is 3.80. The molecule has 0 aliphatic heterocycles. The van der Waals surface area contributed by atoms with Crippen molar-refractivity contribution in [1.82, 2.24) is 9.97 Å². The van der Waals surface area contributed by atoms with Crippen molar-refractivity contribution in [2.45, 2.75) is 5.16 Å². The number of anilines is 1. The van der Waals surface area contributed by atoms with E-state index >= 15 is 0 Å². The Kier molecular flexibility index (Phi) is 4.92. The lowest BCUT2D eigenvalue weighted by Gasteiger charge is -2.05. The molecular formula is C16H13ClFN3O2S. The summed E-state index contributed by atoms with van der Waals surface area (Å²) in [7, 11) is 1.59. The highest BCUT2D eigenvalue weighted by atomic mass is 35.5. The predicted octanol–water partition coefficient (Wildman–Crippen LogP) is 4.09. The minimum atomic E-state index is -0.576. The summed E-state index contributed by atoms with van der Waals surface area (Å²) in [6.45, 7) is 0. The van der Waals surface area contributed by atoms with E-state index in [0.29, 0.717) is 10.8 Å². The van der Waals surface area contributed by atoms with E-state index in [4.69, 9.17) is 16.3 Å². The number of rotatable bonds is 5. The van der Waals surface area contributed by atoms with Gasteiger partial charge in [0.15, 0.2) is 5.16 Å². The topological polar surface area (TPSA) is 67.0 Å². The van der Waals surface area contributed by atoms with Gasteiger partial charge in [0.05, 0.1) is 28.9 Å². The van der Waals surface area contributed by atoms with E-state index in [1.54, 1.807) is 13.2 Å². The predicted molar refractivity (Wildman–Crippen MR) is 93.4 cm³/mol. The molecule has 24 heavy (non-hydrogen) atoms. The maximum atomic E-state index is 13.3. The molecule has 0 spiro atoms. The Labute approximate surface area is 146 Å². The van der Waals surface area contributed by atoms with Gasteiger partial charge in [-0.2, -0.15) is 0 Å². The molecule has 0 unspecified atom stereocenters. The molecule has 0 saturated heterocycles. The van der Waals surface area contributed by atoms with Crippen molar-refractivity contribution in [2.24, 2.45) is 0 Å². The lowest BCUT2D eigenvalue weighted by Crippen LogP contribution is -2.14. The number of aromatic amines is 1. The SMILES string of the molecule is COc1ccc2nc(SCC(=O)Nc3ccc(Cl)c(F)c3)[nH]c2c1. The largest absolute Gasteiger partial charge is 0.497 e. The van der Waals surface area contributed by atoms with Crippen molar-refractivity contribution < 1.29 is 13.9 Å². The number of nitrogens with zero attached hydrogens (tertiary/aromatic N) is 1. The molecule has 3 rings (SSSR count). The van der Waals surface area contributed by atoms with Crippen molar-refractivity contribution in [3.63, 3.8) is 0 Å². The summed E-state index contributed by atoms with van der Waals surface area (Å²) in [6.07, 6.45) is 0. The van der Waals surface area contributed by atoms with E-state index in [2.05, 4.69) is 15.3 Å². The fourth-order valence-corrected chi connectivity index (χ4v) is 2.87. The van der Waals surface area contributed by atoms with Gasteiger partial charge in [-0.25, -0.2) is 9.37 Å². The molecule has 0 saturated carbocycles. The average Bonchev–Trinajstić information content (AvgIpc) is 2.98. The molecule has 0 bridgehead atoms. The molecule has 2 aromatic carbocycles. The van der Waals surface area contributed by atoms with E-state index in [9.17, 15) is 9.18 Å². The number of ether oxygens (including phenoxy) is 1. The van der Waals surface area contributed by atoms with Crippen LogP contribution in [0.15, 0.2) is 41.6 Å². The Hall–Kier alpha value is -2.25. The number of nitrogens with one attached hydrogen (secondary N) is 2. The molecule has 0 aliphatic carbocycles. The van der Waals surface area contributed by atoms with Crippen LogP contribution in [0.1, 0.15) is 0 Å². The van der Waals surface area contributed by atoms with Crippen LogP contribution in [0, 0.1) is 5.82 Å². The Morgan fingerprint density at radius 1 is 1.38 bits per heavy atom. The molecular weight excluding hydrogens is 353 g/mol. The molecule has 1 amide bonds. The molecule has 0 atom stereocenters. The Morgan fingerprint density at radius 2 is 2.21 bits per heavy atom. The van der Waals surface area contributed by atoms with Crippen molar-refractivity contribution >= 4 is 46.0 Å². The number of benzene rings is 2. The molecule has 5 nitrogen and oxygen atoms in total. The van der Waals surface area contributed by atoms with E-state index < -0.39 is 5.82 Å². The number of carbonyl (C=O) groups is 1. The maximum Gasteiger partial charge on any atom is 0.234 e. The second-order valence-corrected chi connectivity index (χ2v) is 6.26. The van der Waals surface area contributed by atoms with Crippen LogP contribution < -0.4 is 10.1 Å². The minimum Gasteiger partial charge on any atom is -0.497 e. The van der Waals surface area contributed by atoms with Crippen LogP contribution in [-0.2, 0) is 4.79 Å². The van der Waals surface area contributed by atoms with Crippen LogP contribution in [-0.4, -0.2) is 28.7 Å². The first-order valence-corrected chi connectivity index (χ1v) is 8.33. The number of thioether (sulfide) groups is 1. The second-order valence-electron chi connectivity index (χ2n) is 4.89. The summed E-state index contributed by atoms with van der Waals surface area (Å²) in [5, 5.41) is 3.25. The van der Waals surface area contributed by atoms with Gasteiger partial charge in [-0.15, -0.1) is 0 Å². The van der Waals surface area contributed by atoms with E-state index in [1.165, 1.54) is 23.9 Å². The summed E-state index contributed by atoms with van der Waals surface area (Å²) < 4.78 is 18.5. The first-order valence-electron chi connectivity index (χ1n) is 6.96. The number of halogens is 2. The van der Waals surface area contributed by atoms with E-state index in [-0.39, 0.29) is 16.7 Å². The smallest absolute Gasteiger partial charge is 0.234 e. The summed E-state index contributed by atoms with van der Waals surface area (Å²) in [5.41, 5.74) is 1.98. The van der Waals surface area contributed by atoms with E-state index in [1.807, 2.05) is 18.2 Å². The van der Waals surface area contributed by atoms with Gasteiger partial charge in [0.25, 0.3) is 0 Å². The number of fused-ring (bicyclic) bond motifs is 1. The summed E-state index contributed by atoms with van der Waals surface area (Å²) in [6, 6.07) is 9.61. The summed E-state index contributed by atoms with van der Waals surface area (Å²) >= 11 is 6.86. The fraction of sp³-hybridized carbons (Fsp3) is 0.125. The van der Waals surface area contributed by atoms with Crippen molar-refractivity contribution in [3.05, 3.63) is 47.2 Å². The summed E-state index contributed by atoms with van der Waals surface area (Å²) in [4.78, 5) is 19.5. The lowest BCUT2D eigenvalue weighted by atomic mass is 10.3. The lowest BCUT2D eigenvalue weighted by molar-refractivity contribution is -0.113. The molecule has 2 N–H and O–H groups in total. The Bertz CT molecular complexity index is 900. The number of hydrogen-bond donors (Lipinski definition) is 2. The highest BCUT2D eigenvalue weighted by Gasteiger charge is 2.09. The number of carbonyl (C=O) groups excluding carboxylic acids is 1. The normalized spacial score (nSPS) is 10.8. The third-order valence-corrected chi connectivity index (χ3v) is 4.39. The zero-order valence-corrected chi connectivity index (χ0v) is 14.2. The van der Waals surface area contributed by atoms with Gasteiger partial charge >= 0.3 is 0 Å². The fourth-order valence-electron chi connectivity index (χ4n) is 2.07. The molecule has 124 valence electrons. The molecule has 3 aromatic rings. The van der Waals surface area contributed by atoms with E-state index in [0.717, 1.165) is 16.8 Å². The average molecular weight is 366 g/mol. The van der Waals surface area contributed by atoms with Crippen LogP contribution in [0.3, 0.4) is 0 Å². The van der Waals surface area contributed by atoms with Gasteiger partial charge in [-0.1, -0.05) is 23.4 Å². The number of imidazole rings is 1. The third-order valence-electron chi connectivity index (χ3n) is 3.21. The number of aromatic nitrogens is 2. The van der Waals surface area contributed by atoms with Crippen LogP contribution in [0.2, 0.25) is 5.02 Å². The van der Waals surface area contributed by atoms with Crippen molar-refractivity contribution in [1.29, 1.82) is 0 Å². The molecule has 8 heteroatoms. The maximum absolute atomic E-state index is 13.3. The van der Waals surface area contributed by atoms with Gasteiger partial charge < -0.3 is 15.0 Å². The molecule has 0 fully saturated rings. The van der Waals surface area contributed by atoms with Crippen molar-refractivity contribution in [2.75, 3.05) is 18.2 Å². The number of H-pyrrole nitrogens is 1. The molecule has 0 radical (unpaired) electrons. The van der Waals surface area contributed by atoms with Gasteiger partial charge in [0.1, 0.15) is 11.6 Å². The molecule has 1 heterocycles. The number of methoxy groups -OCH3 is 1. The highest BCUT2D eigenvalue weighted by molar-refractivity contribution is 7.99. The second kappa shape index (κ2) is 7.11.